The number of fused-ring (bicyclic) bond motifs is 1. The van der Waals surface area contributed by atoms with Crippen molar-refractivity contribution in [2.24, 2.45) is 0 Å². The second-order valence-electron chi connectivity index (χ2n) is 5.36. The lowest BCUT2D eigenvalue weighted by Crippen LogP contribution is -2.55. The second kappa shape index (κ2) is 4.50. The Bertz CT molecular complexity index is 429. The van der Waals surface area contributed by atoms with Gasteiger partial charge in [0.15, 0.2) is 0 Å². The Hall–Kier alpha value is -1.16. The third-order valence-corrected chi connectivity index (χ3v) is 4.16. The number of para-hydroxylation sites is 1. The molecule has 1 aromatic rings. The molecule has 2 fully saturated rings. The van der Waals surface area contributed by atoms with Gasteiger partial charge in [0.05, 0.1) is 0 Å². The summed E-state index contributed by atoms with van der Waals surface area (Å²) in [7, 11) is 0. The van der Waals surface area contributed by atoms with Gasteiger partial charge in [0.25, 0.3) is 0 Å². The Morgan fingerprint density at radius 3 is 2.61 bits per heavy atom. The summed E-state index contributed by atoms with van der Waals surface area (Å²) in [5.41, 5.74) is 0.150. The summed E-state index contributed by atoms with van der Waals surface area (Å²) in [6, 6.07) is 4.72. The van der Waals surface area contributed by atoms with Gasteiger partial charge in [0.2, 0.25) is 0 Å². The summed E-state index contributed by atoms with van der Waals surface area (Å²) in [5, 5.41) is 0. The van der Waals surface area contributed by atoms with Crippen molar-refractivity contribution < 1.29 is 8.78 Å². The van der Waals surface area contributed by atoms with E-state index in [2.05, 4.69) is 4.90 Å². The number of rotatable bonds is 1. The van der Waals surface area contributed by atoms with Gasteiger partial charge < -0.3 is 4.90 Å². The first kappa shape index (κ1) is 11.9. The highest BCUT2D eigenvalue weighted by molar-refractivity contribution is 5.51. The molecular weight excluding hydrogens is 234 g/mol. The van der Waals surface area contributed by atoms with Crippen molar-refractivity contribution in [2.45, 2.75) is 31.8 Å². The standard InChI is InChI=1S/C14H18F2N2/c1-10-8-17-7-3-4-11(17)9-18(10)14-12(15)5-2-6-13(14)16/h2,5-6,10-11H,3-4,7-9H2,1H3. The van der Waals surface area contributed by atoms with Crippen LogP contribution in [-0.4, -0.2) is 36.6 Å². The molecule has 0 amide bonds. The molecule has 2 atom stereocenters. The van der Waals surface area contributed by atoms with E-state index in [-0.39, 0.29) is 11.7 Å². The van der Waals surface area contributed by atoms with Gasteiger partial charge in [0.1, 0.15) is 17.3 Å². The molecule has 0 radical (unpaired) electrons. The van der Waals surface area contributed by atoms with E-state index in [1.54, 1.807) is 0 Å². The minimum absolute atomic E-state index is 0.150. The lowest BCUT2D eigenvalue weighted by atomic mass is 10.1. The van der Waals surface area contributed by atoms with Crippen molar-refractivity contribution >= 4 is 5.69 Å². The summed E-state index contributed by atoms with van der Waals surface area (Å²) >= 11 is 0. The molecule has 2 heterocycles. The fourth-order valence-corrected chi connectivity index (χ4v) is 3.26. The fraction of sp³-hybridized carbons (Fsp3) is 0.571. The van der Waals surface area contributed by atoms with Gasteiger partial charge in [-0.15, -0.1) is 0 Å². The normalized spacial score (nSPS) is 28.5. The largest absolute Gasteiger partial charge is 0.361 e. The van der Waals surface area contributed by atoms with E-state index < -0.39 is 11.6 Å². The molecule has 2 aliphatic rings. The Balaban J connectivity index is 1.91. The highest BCUT2D eigenvalue weighted by Crippen LogP contribution is 2.31. The van der Waals surface area contributed by atoms with Crippen molar-refractivity contribution in [1.29, 1.82) is 0 Å². The van der Waals surface area contributed by atoms with Crippen LogP contribution < -0.4 is 4.90 Å². The van der Waals surface area contributed by atoms with E-state index in [0.29, 0.717) is 6.04 Å². The number of hydrogen-bond donors (Lipinski definition) is 0. The van der Waals surface area contributed by atoms with Gasteiger partial charge in [-0.3, -0.25) is 4.90 Å². The van der Waals surface area contributed by atoms with Crippen LogP contribution in [0, 0.1) is 11.6 Å². The van der Waals surface area contributed by atoms with Crippen molar-refractivity contribution in [1.82, 2.24) is 4.90 Å². The van der Waals surface area contributed by atoms with Gasteiger partial charge in [0, 0.05) is 25.2 Å². The zero-order chi connectivity index (χ0) is 12.7. The molecule has 0 aromatic heterocycles. The van der Waals surface area contributed by atoms with Crippen LogP contribution in [0.3, 0.4) is 0 Å². The van der Waals surface area contributed by atoms with Crippen LogP contribution in [0.2, 0.25) is 0 Å². The van der Waals surface area contributed by atoms with Crippen molar-refractivity contribution in [3.63, 3.8) is 0 Å². The predicted octanol–water partition coefficient (Wildman–Crippen LogP) is 2.64. The van der Waals surface area contributed by atoms with E-state index in [9.17, 15) is 8.78 Å². The van der Waals surface area contributed by atoms with E-state index in [4.69, 9.17) is 0 Å². The number of hydrogen-bond acceptors (Lipinski definition) is 2. The maximum Gasteiger partial charge on any atom is 0.149 e. The lowest BCUT2D eigenvalue weighted by Gasteiger charge is -2.43. The quantitative estimate of drug-likeness (QED) is 0.758. The molecule has 0 saturated carbocycles. The highest BCUT2D eigenvalue weighted by atomic mass is 19.1. The van der Waals surface area contributed by atoms with Crippen molar-refractivity contribution in [3.8, 4) is 0 Å². The van der Waals surface area contributed by atoms with E-state index in [1.807, 2.05) is 11.8 Å². The second-order valence-corrected chi connectivity index (χ2v) is 5.36. The Morgan fingerprint density at radius 1 is 1.17 bits per heavy atom. The van der Waals surface area contributed by atoms with Gasteiger partial charge in [-0.25, -0.2) is 8.78 Å². The minimum Gasteiger partial charge on any atom is -0.361 e. The first-order valence-corrected chi connectivity index (χ1v) is 6.61. The summed E-state index contributed by atoms with van der Waals surface area (Å²) in [6.45, 7) is 4.81. The summed E-state index contributed by atoms with van der Waals surface area (Å²) in [5.74, 6) is -0.901. The molecule has 2 aliphatic heterocycles. The zero-order valence-electron chi connectivity index (χ0n) is 10.6. The molecule has 0 N–H and O–H groups in total. The Kier molecular flexibility index (Phi) is 2.98. The molecule has 4 heteroatoms. The number of anilines is 1. The molecule has 0 spiro atoms. The lowest BCUT2D eigenvalue weighted by molar-refractivity contribution is 0.201. The smallest absolute Gasteiger partial charge is 0.149 e. The molecule has 1 aromatic carbocycles. The van der Waals surface area contributed by atoms with Gasteiger partial charge >= 0.3 is 0 Å². The summed E-state index contributed by atoms with van der Waals surface area (Å²) in [4.78, 5) is 4.34. The summed E-state index contributed by atoms with van der Waals surface area (Å²) in [6.07, 6.45) is 2.34. The van der Waals surface area contributed by atoms with Crippen LogP contribution >= 0.6 is 0 Å². The molecule has 0 bridgehead atoms. The monoisotopic (exact) mass is 252 g/mol. The zero-order valence-corrected chi connectivity index (χ0v) is 10.6. The Labute approximate surface area is 106 Å². The predicted molar refractivity (Wildman–Crippen MR) is 67.8 cm³/mol. The third-order valence-electron chi connectivity index (χ3n) is 4.16. The fourth-order valence-electron chi connectivity index (χ4n) is 3.26. The van der Waals surface area contributed by atoms with Gasteiger partial charge in [-0.05, 0) is 38.4 Å². The molecule has 0 aliphatic carbocycles. The topological polar surface area (TPSA) is 6.48 Å². The molecule has 18 heavy (non-hydrogen) atoms. The molecular formula is C14H18F2N2. The SMILES string of the molecule is CC1CN2CCCC2CN1c1c(F)cccc1F. The average Bonchev–Trinajstić information content (AvgIpc) is 2.76. The maximum atomic E-state index is 13.9. The van der Waals surface area contributed by atoms with E-state index >= 15 is 0 Å². The van der Waals surface area contributed by atoms with Crippen LogP contribution in [0.15, 0.2) is 18.2 Å². The Morgan fingerprint density at radius 2 is 1.89 bits per heavy atom. The van der Waals surface area contributed by atoms with Crippen LogP contribution in [0.4, 0.5) is 14.5 Å². The van der Waals surface area contributed by atoms with Crippen LogP contribution in [0.5, 0.6) is 0 Å². The number of nitrogens with zero attached hydrogens (tertiary/aromatic N) is 2. The molecule has 2 nitrogen and oxygen atoms in total. The van der Waals surface area contributed by atoms with Gasteiger partial charge in [-0.1, -0.05) is 6.07 Å². The van der Waals surface area contributed by atoms with E-state index in [1.165, 1.54) is 24.6 Å². The first-order chi connectivity index (χ1) is 8.66. The number of halogens is 2. The highest BCUT2D eigenvalue weighted by Gasteiger charge is 2.36. The number of benzene rings is 1. The molecule has 3 rings (SSSR count). The third kappa shape index (κ3) is 1.88. The minimum atomic E-state index is -0.451. The molecule has 2 unspecified atom stereocenters. The maximum absolute atomic E-state index is 13.9. The van der Waals surface area contributed by atoms with Crippen molar-refractivity contribution in [2.75, 3.05) is 24.5 Å². The molecule has 98 valence electrons. The van der Waals surface area contributed by atoms with Gasteiger partial charge in [-0.2, -0.15) is 0 Å². The molecule has 2 saturated heterocycles. The van der Waals surface area contributed by atoms with Crippen LogP contribution in [0.25, 0.3) is 0 Å². The first-order valence-electron chi connectivity index (χ1n) is 6.61. The van der Waals surface area contributed by atoms with Crippen LogP contribution in [0.1, 0.15) is 19.8 Å². The average molecular weight is 252 g/mol. The van der Waals surface area contributed by atoms with Crippen molar-refractivity contribution in [3.05, 3.63) is 29.8 Å². The summed E-state index contributed by atoms with van der Waals surface area (Å²) < 4.78 is 27.7. The van der Waals surface area contributed by atoms with Crippen LogP contribution in [-0.2, 0) is 0 Å². The van der Waals surface area contributed by atoms with E-state index in [0.717, 1.165) is 26.1 Å². The number of piperazine rings is 1.